The van der Waals surface area contributed by atoms with Gasteiger partial charge >= 0.3 is 0 Å². The van der Waals surface area contributed by atoms with Crippen molar-refractivity contribution in [3.63, 3.8) is 0 Å². The van der Waals surface area contributed by atoms with Crippen LogP contribution in [0.5, 0.6) is 0 Å². The Morgan fingerprint density at radius 1 is 1.56 bits per heavy atom. The standard InChI is InChI=1S/C9H10Br2N4O/c1-15-8(6(10)4-13-15)7(14-12)5-2-3-16-9(5)11/h2-4,7,14H,12H2,1H3. The summed E-state index contributed by atoms with van der Waals surface area (Å²) in [6.07, 6.45) is 3.34. The summed E-state index contributed by atoms with van der Waals surface area (Å²) >= 11 is 6.78. The number of aryl methyl sites for hydroxylation is 1. The second-order valence-corrected chi connectivity index (χ2v) is 4.83. The molecule has 0 bridgehead atoms. The highest BCUT2D eigenvalue weighted by Gasteiger charge is 2.23. The van der Waals surface area contributed by atoms with E-state index in [2.05, 4.69) is 42.4 Å². The molecule has 0 aliphatic heterocycles. The maximum absolute atomic E-state index is 5.59. The molecule has 0 aromatic carbocycles. The van der Waals surface area contributed by atoms with Crippen molar-refractivity contribution in [1.82, 2.24) is 15.2 Å². The summed E-state index contributed by atoms with van der Waals surface area (Å²) in [5.41, 5.74) is 4.61. The Hall–Kier alpha value is -0.630. The first-order chi connectivity index (χ1) is 7.65. The van der Waals surface area contributed by atoms with Crippen LogP contribution in [0.2, 0.25) is 0 Å². The SMILES string of the molecule is Cn1ncc(Br)c1C(NN)c1ccoc1Br. The summed E-state index contributed by atoms with van der Waals surface area (Å²) in [7, 11) is 1.86. The molecule has 0 fully saturated rings. The van der Waals surface area contributed by atoms with Gasteiger partial charge in [-0.15, -0.1) is 0 Å². The topological polar surface area (TPSA) is 69.0 Å². The molecule has 2 heterocycles. The molecule has 1 atom stereocenters. The Bertz CT molecular complexity index is 474. The van der Waals surface area contributed by atoms with Gasteiger partial charge in [0.1, 0.15) is 0 Å². The molecule has 0 saturated heterocycles. The highest BCUT2D eigenvalue weighted by Crippen LogP contribution is 2.32. The van der Waals surface area contributed by atoms with Gasteiger partial charge in [-0.25, -0.2) is 5.43 Å². The molecule has 86 valence electrons. The predicted molar refractivity (Wildman–Crippen MR) is 66.5 cm³/mol. The van der Waals surface area contributed by atoms with E-state index in [1.165, 1.54) is 0 Å². The quantitative estimate of drug-likeness (QED) is 0.657. The Labute approximate surface area is 109 Å². The Morgan fingerprint density at radius 2 is 2.31 bits per heavy atom. The lowest BCUT2D eigenvalue weighted by Crippen LogP contribution is -2.30. The van der Waals surface area contributed by atoms with E-state index in [9.17, 15) is 0 Å². The minimum absolute atomic E-state index is 0.185. The second kappa shape index (κ2) is 4.70. The summed E-state index contributed by atoms with van der Waals surface area (Å²) in [5, 5.41) is 4.15. The average Bonchev–Trinajstić information content (AvgIpc) is 2.80. The van der Waals surface area contributed by atoms with Gasteiger partial charge in [-0.1, -0.05) is 0 Å². The summed E-state index contributed by atoms with van der Waals surface area (Å²) in [6.45, 7) is 0. The number of nitrogens with one attached hydrogen (secondary N) is 1. The van der Waals surface area contributed by atoms with Gasteiger partial charge in [-0.05, 0) is 37.9 Å². The van der Waals surface area contributed by atoms with E-state index in [4.69, 9.17) is 10.3 Å². The minimum atomic E-state index is -0.185. The fraction of sp³-hybridized carbons (Fsp3) is 0.222. The zero-order chi connectivity index (χ0) is 11.7. The van der Waals surface area contributed by atoms with Crippen LogP contribution in [0.25, 0.3) is 0 Å². The zero-order valence-corrected chi connectivity index (χ0v) is 11.6. The van der Waals surface area contributed by atoms with E-state index in [1.807, 2.05) is 13.1 Å². The first kappa shape index (κ1) is 11.8. The van der Waals surface area contributed by atoms with Crippen LogP contribution in [0.15, 0.2) is 32.1 Å². The van der Waals surface area contributed by atoms with E-state index in [1.54, 1.807) is 17.1 Å². The first-order valence-electron chi connectivity index (χ1n) is 4.51. The third-order valence-electron chi connectivity index (χ3n) is 2.33. The lowest BCUT2D eigenvalue weighted by Gasteiger charge is -2.15. The monoisotopic (exact) mass is 348 g/mol. The lowest BCUT2D eigenvalue weighted by atomic mass is 10.1. The van der Waals surface area contributed by atoms with Crippen molar-refractivity contribution in [3.05, 3.63) is 38.9 Å². The number of hydrogen-bond acceptors (Lipinski definition) is 4. The normalized spacial score (nSPS) is 13.0. The van der Waals surface area contributed by atoms with E-state index in [0.717, 1.165) is 15.7 Å². The van der Waals surface area contributed by atoms with Gasteiger partial charge in [-0.3, -0.25) is 10.5 Å². The molecule has 5 nitrogen and oxygen atoms in total. The highest BCUT2D eigenvalue weighted by molar-refractivity contribution is 9.10. The molecule has 7 heteroatoms. The molecular weight excluding hydrogens is 340 g/mol. The van der Waals surface area contributed by atoms with Crippen molar-refractivity contribution in [2.45, 2.75) is 6.04 Å². The Kier molecular flexibility index (Phi) is 3.48. The summed E-state index contributed by atoms with van der Waals surface area (Å²) in [5.74, 6) is 5.59. The van der Waals surface area contributed by atoms with Crippen LogP contribution in [-0.2, 0) is 7.05 Å². The fourth-order valence-electron chi connectivity index (χ4n) is 1.57. The molecule has 1 unspecified atom stereocenters. The number of hydrogen-bond donors (Lipinski definition) is 2. The first-order valence-corrected chi connectivity index (χ1v) is 6.10. The number of aromatic nitrogens is 2. The van der Waals surface area contributed by atoms with Crippen molar-refractivity contribution < 1.29 is 4.42 Å². The van der Waals surface area contributed by atoms with Gasteiger partial charge < -0.3 is 4.42 Å². The van der Waals surface area contributed by atoms with Crippen LogP contribution in [0.1, 0.15) is 17.3 Å². The van der Waals surface area contributed by atoms with Gasteiger partial charge in [0.25, 0.3) is 0 Å². The summed E-state index contributed by atoms with van der Waals surface area (Å²) < 4.78 is 8.51. The molecule has 2 rings (SSSR count). The predicted octanol–water partition coefficient (Wildman–Crippen LogP) is 2.09. The largest absolute Gasteiger partial charge is 0.457 e. The Balaban J connectivity index is 2.49. The molecule has 0 saturated carbocycles. The molecule has 2 aromatic heterocycles. The van der Waals surface area contributed by atoms with Crippen LogP contribution in [0, 0.1) is 0 Å². The van der Waals surface area contributed by atoms with Crippen LogP contribution in [0.4, 0.5) is 0 Å². The molecule has 0 aliphatic rings. The van der Waals surface area contributed by atoms with E-state index in [0.29, 0.717) is 4.67 Å². The number of nitrogens with zero attached hydrogens (tertiary/aromatic N) is 2. The molecule has 0 spiro atoms. The van der Waals surface area contributed by atoms with Crippen molar-refractivity contribution in [2.75, 3.05) is 0 Å². The molecular formula is C9H10Br2N4O. The van der Waals surface area contributed by atoms with Crippen LogP contribution >= 0.6 is 31.9 Å². The number of rotatable bonds is 3. The van der Waals surface area contributed by atoms with Gasteiger partial charge in [-0.2, -0.15) is 5.10 Å². The number of halogens is 2. The van der Waals surface area contributed by atoms with Crippen molar-refractivity contribution in [3.8, 4) is 0 Å². The van der Waals surface area contributed by atoms with Crippen LogP contribution < -0.4 is 11.3 Å². The van der Waals surface area contributed by atoms with Crippen molar-refractivity contribution >= 4 is 31.9 Å². The molecule has 0 amide bonds. The van der Waals surface area contributed by atoms with Gasteiger partial charge in [0, 0.05) is 12.6 Å². The smallest absolute Gasteiger partial charge is 0.174 e. The maximum Gasteiger partial charge on any atom is 0.174 e. The van der Waals surface area contributed by atoms with Gasteiger partial charge in [0.05, 0.1) is 28.7 Å². The third kappa shape index (κ3) is 1.95. The van der Waals surface area contributed by atoms with Crippen LogP contribution in [0.3, 0.4) is 0 Å². The van der Waals surface area contributed by atoms with E-state index < -0.39 is 0 Å². The maximum atomic E-state index is 5.59. The number of furan rings is 1. The average molecular weight is 350 g/mol. The van der Waals surface area contributed by atoms with Crippen LogP contribution in [-0.4, -0.2) is 9.78 Å². The second-order valence-electron chi connectivity index (χ2n) is 3.25. The summed E-state index contributed by atoms with van der Waals surface area (Å²) in [4.78, 5) is 0. The fourth-order valence-corrected chi connectivity index (χ4v) is 2.62. The van der Waals surface area contributed by atoms with E-state index in [-0.39, 0.29) is 6.04 Å². The third-order valence-corrected chi connectivity index (χ3v) is 3.59. The number of hydrazine groups is 1. The molecule has 3 N–H and O–H groups in total. The van der Waals surface area contributed by atoms with Gasteiger partial charge in [0.15, 0.2) is 4.67 Å². The summed E-state index contributed by atoms with van der Waals surface area (Å²) in [6, 6.07) is 1.67. The van der Waals surface area contributed by atoms with E-state index >= 15 is 0 Å². The highest BCUT2D eigenvalue weighted by atomic mass is 79.9. The lowest BCUT2D eigenvalue weighted by molar-refractivity contribution is 0.518. The minimum Gasteiger partial charge on any atom is -0.457 e. The van der Waals surface area contributed by atoms with Crippen molar-refractivity contribution in [2.24, 2.45) is 12.9 Å². The molecule has 16 heavy (non-hydrogen) atoms. The van der Waals surface area contributed by atoms with Crippen molar-refractivity contribution in [1.29, 1.82) is 0 Å². The molecule has 0 aliphatic carbocycles. The number of nitrogens with two attached hydrogens (primary N) is 1. The van der Waals surface area contributed by atoms with Gasteiger partial charge in [0.2, 0.25) is 0 Å². The molecule has 0 radical (unpaired) electrons. The zero-order valence-electron chi connectivity index (χ0n) is 8.45. The Morgan fingerprint density at radius 3 is 2.75 bits per heavy atom. The molecule has 2 aromatic rings.